The summed E-state index contributed by atoms with van der Waals surface area (Å²) in [6, 6.07) is 26.9. The number of carbonyl (C=O) groups is 2. The molecule has 0 aliphatic carbocycles. The van der Waals surface area contributed by atoms with Crippen LogP contribution in [0.15, 0.2) is 91.0 Å². The Balaban J connectivity index is 2.09. The molecule has 5 heteroatoms. The molecule has 5 nitrogen and oxygen atoms in total. The van der Waals surface area contributed by atoms with E-state index in [2.05, 4.69) is 0 Å². The molecular weight excluding hydrogens is 390 g/mol. The highest BCUT2D eigenvalue weighted by atomic mass is 16.5. The average Bonchev–Trinajstić information content (AvgIpc) is 3.13. The van der Waals surface area contributed by atoms with Gasteiger partial charge in [0.25, 0.3) is 0 Å². The van der Waals surface area contributed by atoms with Crippen molar-refractivity contribution in [2.75, 3.05) is 6.61 Å². The number of para-hydroxylation sites is 1. The smallest absolute Gasteiger partial charge is 0.341 e. The van der Waals surface area contributed by atoms with Crippen molar-refractivity contribution >= 4 is 11.8 Å². The predicted molar refractivity (Wildman–Crippen MR) is 119 cm³/mol. The van der Waals surface area contributed by atoms with E-state index in [0.717, 1.165) is 0 Å². The number of aromatic hydroxyl groups is 1. The number of hydrogen-bond donors (Lipinski definition) is 1. The fourth-order valence-corrected chi connectivity index (χ4v) is 3.61. The maximum absolute atomic E-state index is 13.4. The molecular formula is C26H21NO4. The molecule has 0 aliphatic rings. The van der Waals surface area contributed by atoms with E-state index in [1.165, 1.54) is 4.57 Å². The lowest BCUT2D eigenvalue weighted by Gasteiger charge is -2.12. The van der Waals surface area contributed by atoms with Gasteiger partial charge in [0.15, 0.2) is 5.78 Å². The second kappa shape index (κ2) is 8.71. The summed E-state index contributed by atoms with van der Waals surface area (Å²) in [5.41, 5.74) is 2.04. The molecule has 4 aromatic rings. The van der Waals surface area contributed by atoms with E-state index in [4.69, 9.17) is 4.74 Å². The molecule has 1 heterocycles. The van der Waals surface area contributed by atoms with Gasteiger partial charge in [-0.2, -0.15) is 0 Å². The van der Waals surface area contributed by atoms with Crippen molar-refractivity contribution in [3.8, 4) is 22.8 Å². The standard InChI is InChI=1S/C26H21NO4/c1-2-31-26(30)21-22(24(28)19-14-8-4-9-15-19)25(29)27(20-16-10-5-11-17-20)23(21)18-12-6-3-7-13-18/h3-17,29H,2H2,1H3. The highest BCUT2D eigenvalue weighted by Crippen LogP contribution is 2.40. The van der Waals surface area contributed by atoms with Crippen molar-refractivity contribution in [2.45, 2.75) is 6.92 Å². The highest BCUT2D eigenvalue weighted by molar-refractivity contribution is 6.18. The first-order valence-electron chi connectivity index (χ1n) is 9.98. The molecule has 1 aromatic heterocycles. The average molecular weight is 411 g/mol. The Morgan fingerprint density at radius 1 is 0.806 bits per heavy atom. The van der Waals surface area contributed by atoms with Gasteiger partial charge in [-0.3, -0.25) is 9.36 Å². The van der Waals surface area contributed by atoms with E-state index in [9.17, 15) is 14.7 Å². The van der Waals surface area contributed by atoms with Crippen molar-refractivity contribution < 1.29 is 19.4 Å². The minimum absolute atomic E-state index is 0.0447. The van der Waals surface area contributed by atoms with Crippen LogP contribution in [-0.2, 0) is 4.74 Å². The Hall–Kier alpha value is -4.12. The van der Waals surface area contributed by atoms with Crippen LogP contribution in [0.25, 0.3) is 16.9 Å². The normalized spacial score (nSPS) is 10.6. The van der Waals surface area contributed by atoms with Crippen molar-refractivity contribution in [3.05, 3.63) is 108 Å². The highest BCUT2D eigenvalue weighted by Gasteiger charge is 2.33. The minimum Gasteiger partial charge on any atom is -0.494 e. The minimum atomic E-state index is -0.661. The molecule has 0 spiro atoms. The van der Waals surface area contributed by atoms with Crippen molar-refractivity contribution in [1.82, 2.24) is 4.57 Å². The summed E-state index contributed by atoms with van der Waals surface area (Å²) in [5, 5.41) is 11.3. The van der Waals surface area contributed by atoms with Gasteiger partial charge in [-0.1, -0.05) is 78.9 Å². The predicted octanol–water partition coefficient (Wildman–Crippen LogP) is 5.26. The van der Waals surface area contributed by atoms with E-state index in [1.54, 1.807) is 49.4 Å². The van der Waals surface area contributed by atoms with Gasteiger partial charge in [-0.05, 0) is 24.6 Å². The van der Waals surface area contributed by atoms with Crippen molar-refractivity contribution in [2.24, 2.45) is 0 Å². The number of rotatable bonds is 6. The SMILES string of the molecule is CCOC(=O)c1c(C(=O)c2ccccc2)c(O)n(-c2ccccc2)c1-c1ccccc1. The quantitative estimate of drug-likeness (QED) is 0.347. The Morgan fingerprint density at radius 3 is 1.94 bits per heavy atom. The molecule has 1 N–H and O–H groups in total. The molecule has 0 saturated heterocycles. The Kier molecular flexibility index (Phi) is 5.67. The molecule has 3 aromatic carbocycles. The summed E-state index contributed by atoms with van der Waals surface area (Å²) >= 11 is 0. The summed E-state index contributed by atoms with van der Waals surface area (Å²) < 4.78 is 6.83. The van der Waals surface area contributed by atoms with Gasteiger partial charge in [0, 0.05) is 11.3 Å². The molecule has 0 saturated carbocycles. The van der Waals surface area contributed by atoms with Gasteiger partial charge in [0.2, 0.25) is 5.88 Å². The van der Waals surface area contributed by atoms with Crippen LogP contribution in [0.4, 0.5) is 0 Å². The number of hydrogen-bond acceptors (Lipinski definition) is 4. The summed E-state index contributed by atoms with van der Waals surface area (Å²) in [6.45, 7) is 1.84. The molecule has 0 radical (unpaired) electrons. The van der Waals surface area contributed by atoms with Crippen LogP contribution < -0.4 is 0 Å². The topological polar surface area (TPSA) is 68.5 Å². The van der Waals surface area contributed by atoms with Gasteiger partial charge < -0.3 is 9.84 Å². The first kappa shape index (κ1) is 20.2. The molecule has 0 atom stereocenters. The lowest BCUT2D eigenvalue weighted by Crippen LogP contribution is -2.12. The van der Waals surface area contributed by atoms with Crippen molar-refractivity contribution in [1.29, 1.82) is 0 Å². The number of benzene rings is 3. The number of aromatic nitrogens is 1. The molecule has 0 fully saturated rings. The Labute approximate surface area is 180 Å². The first-order chi connectivity index (χ1) is 15.1. The van der Waals surface area contributed by atoms with Crippen LogP contribution in [0.2, 0.25) is 0 Å². The fourth-order valence-electron chi connectivity index (χ4n) is 3.61. The fraction of sp³-hybridized carbons (Fsp3) is 0.0769. The number of carbonyl (C=O) groups excluding carboxylic acids is 2. The zero-order valence-electron chi connectivity index (χ0n) is 17.0. The molecule has 0 unspecified atom stereocenters. The van der Waals surface area contributed by atoms with Crippen LogP contribution in [0.5, 0.6) is 5.88 Å². The van der Waals surface area contributed by atoms with Crippen LogP contribution in [-0.4, -0.2) is 28.0 Å². The number of nitrogens with zero attached hydrogens (tertiary/aromatic N) is 1. The molecule has 0 bridgehead atoms. The zero-order chi connectivity index (χ0) is 21.8. The number of esters is 1. The zero-order valence-corrected chi connectivity index (χ0v) is 17.0. The Bertz CT molecular complexity index is 1210. The van der Waals surface area contributed by atoms with Crippen LogP contribution >= 0.6 is 0 Å². The molecule has 154 valence electrons. The van der Waals surface area contributed by atoms with Crippen LogP contribution in [0, 0.1) is 0 Å². The van der Waals surface area contributed by atoms with Gasteiger partial charge >= 0.3 is 5.97 Å². The molecule has 4 rings (SSSR count). The summed E-state index contributed by atoms with van der Waals surface area (Å²) in [7, 11) is 0. The van der Waals surface area contributed by atoms with Gasteiger partial charge in [-0.25, -0.2) is 4.79 Å². The van der Waals surface area contributed by atoms with E-state index in [1.807, 2.05) is 48.5 Å². The van der Waals surface area contributed by atoms with Gasteiger partial charge in [0.05, 0.1) is 17.9 Å². The Morgan fingerprint density at radius 2 is 1.35 bits per heavy atom. The number of ketones is 1. The first-order valence-corrected chi connectivity index (χ1v) is 9.98. The number of ether oxygens (including phenoxy) is 1. The molecule has 0 amide bonds. The summed E-state index contributed by atoms with van der Waals surface area (Å²) in [4.78, 5) is 26.5. The van der Waals surface area contributed by atoms with E-state index >= 15 is 0 Å². The van der Waals surface area contributed by atoms with Crippen molar-refractivity contribution in [3.63, 3.8) is 0 Å². The van der Waals surface area contributed by atoms with E-state index in [-0.39, 0.29) is 23.6 Å². The maximum Gasteiger partial charge on any atom is 0.341 e. The van der Waals surface area contributed by atoms with E-state index < -0.39 is 11.8 Å². The van der Waals surface area contributed by atoms with Gasteiger partial charge in [-0.15, -0.1) is 0 Å². The van der Waals surface area contributed by atoms with Gasteiger partial charge in [0.1, 0.15) is 5.56 Å². The molecule has 31 heavy (non-hydrogen) atoms. The second-order valence-electron chi connectivity index (χ2n) is 6.87. The van der Waals surface area contributed by atoms with Crippen LogP contribution in [0.3, 0.4) is 0 Å². The lowest BCUT2D eigenvalue weighted by molar-refractivity contribution is 0.0524. The third-order valence-electron chi connectivity index (χ3n) is 4.95. The lowest BCUT2D eigenvalue weighted by atomic mass is 9.98. The van der Waals surface area contributed by atoms with Crippen LogP contribution in [0.1, 0.15) is 33.2 Å². The second-order valence-corrected chi connectivity index (χ2v) is 6.87. The largest absolute Gasteiger partial charge is 0.494 e. The van der Waals surface area contributed by atoms with E-state index in [0.29, 0.717) is 22.5 Å². The maximum atomic E-state index is 13.4. The third-order valence-corrected chi connectivity index (χ3v) is 4.95. The third kappa shape index (κ3) is 3.73. The monoisotopic (exact) mass is 411 g/mol. The molecule has 0 aliphatic heterocycles. The summed E-state index contributed by atoms with van der Waals surface area (Å²) in [5.74, 6) is -1.42. The summed E-state index contributed by atoms with van der Waals surface area (Å²) in [6.07, 6.45) is 0.